The van der Waals surface area contributed by atoms with Crippen LogP contribution in [0, 0.1) is 5.92 Å². The van der Waals surface area contributed by atoms with Gasteiger partial charge < -0.3 is 10.4 Å². The van der Waals surface area contributed by atoms with Gasteiger partial charge in [-0.3, -0.25) is 4.79 Å². The fraction of sp³-hybridized carbons (Fsp3) is 0.643. The van der Waals surface area contributed by atoms with Crippen LogP contribution in [0.4, 0.5) is 0 Å². The van der Waals surface area contributed by atoms with Crippen LogP contribution in [0.25, 0.3) is 0 Å². The Labute approximate surface area is 112 Å². The van der Waals surface area contributed by atoms with Crippen molar-refractivity contribution in [2.24, 2.45) is 5.92 Å². The molecule has 0 unspecified atom stereocenters. The third-order valence-electron chi connectivity index (χ3n) is 3.94. The van der Waals surface area contributed by atoms with E-state index in [9.17, 15) is 9.90 Å². The first kappa shape index (κ1) is 13.6. The van der Waals surface area contributed by atoms with Crippen LogP contribution in [0.1, 0.15) is 48.7 Å². The Hall–Kier alpha value is -0.870. The average Bonchev–Trinajstić information content (AvgIpc) is 2.91. The second kappa shape index (κ2) is 5.85. The van der Waals surface area contributed by atoms with Crippen LogP contribution in [0.5, 0.6) is 0 Å². The van der Waals surface area contributed by atoms with Gasteiger partial charge in [0.25, 0.3) is 5.91 Å². The Morgan fingerprint density at radius 2 is 2.28 bits per heavy atom. The van der Waals surface area contributed by atoms with E-state index in [1.54, 1.807) is 6.07 Å². The maximum Gasteiger partial charge on any atom is 0.261 e. The molecule has 100 valence electrons. The van der Waals surface area contributed by atoms with Crippen LogP contribution >= 0.6 is 11.3 Å². The van der Waals surface area contributed by atoms with Crippen molar-refractivity contribution in [3.63, 3.8) is 0 Å². The van der Waals surface area contributed by atoms with E-state index < -0.39 is 5.60 Å². The third-order valence-corrected chi connectivity index (χ3v) is 4.80. The molecule has 3 nitrogen and oxygen atoms in total. The topological polar surface area (TPSA) is 49.3 Å². The number of thiophene rings is 1. The number of carbonyl (C=O) groups excluding carboxylic acids is 1. The second-order valence-corrected chi connectivity index (χ2v) is 6.18. The molecular formula is C14H21NO2S. The fourth-order valence-corrected chi connectivity index (χ4v) is 3.18. The summed E-state index contributed by atoms with van der Waals surface area (Å²) < 4.78 is 0. The monoisotopic (exact) mass is 267 g/mol. The quantitative estimate of drug-likeness (QED) is 0.881. The number of carbonyl (C=O) groups is 1. The van der Waals surface area contributed by atoms with E-state index in [2.05, 4.69) is 12.2 Å². The summed E-state index contributed by atoms with van der Waals surface area (Å²) >= 11 is 1.43. The lowest BCUT2D eigenvalue weighted by Crippen LogP contribution is -2.45. The van der Waals surface area contributed by atoms with Crippen LogP contribution in [-0.2, 0) is 0 Å². The maximum absolute atomic E-state index is 11.8. The number of amides is 1. The summed E-state index contributed by atoms with van der Waals surface area (Å²) in [4.78, 5) is 12.5. The lowest BCUT2D eigenvalue weighted by atomic mass is 9.78. The molecule has 0 radical (unpaired) electrons. The molecule has 1 amide bonds. The minimum Gasteiger partial charge on any atom is -0.388 e. The minimum atomic E-state index is -0.696. The van der Waals surface area contributed by atoms with E-state index >= 15 is 0 Å². The number of hydrogen-bond donors (Lipinski definition) is 2. The lowest BCUT2D eigenvalue weighted by molar-refractivity contribution is -0.00783. The van der Waals surface area contributed by atoms with Gasteiger partial charge >= 0.3 is 0 Å². The fourth-order valence-electron chi connectivity index (χ4n) is 2.54. The highest BCUT2D eigenvalue weighted by atomic mass is 32.1. The van der Waals surface area contributed by atoms with Gasteiger partial charge in [-0.25, -0.2) is 0 Å². The average molecular weight is 267 g/mol. The second-order valence-electron chi connectivity index (χ2n) is 5.24. The van der Waals surface area contributed by atoms with Crippen LogP contribution < -0.4 is 5.32 Å². The molecule has 0 bridgehead atoms. The smallest absolute Gasteiger partial charge is 0.261 e. The summed E-state index contributed by atoms with van der Waals surface area (Å²) in [5.74, 6) is 0.675. The molecule has 18 heavy (non-hydrogen) atoms. The van der Waals surface area contributed by atoms with Crippen LogP contribution in [0.2, 0.25) is 0 Å². The molecule has 0 saturated heterocycles. The van der Waals surface area contributed by atoms with Crippen molar-refractivity contribution < 1.29 is 9.90 Å². The Morgan fingerprint density at radius 3 is 2.83 bits per heavy atom. The molecule has 1 fully saturated rings. The minimum absolute atomic E-state index is 0.0731. The largest absolute Gasteiger partial charge is 0.388 e. The Balaban J connectivity index is 1.81. The molecule has 0 aromatic carbocycles. The van der Waals surface area contributed by atoms with Crippen LogP contribution in [0.3, 0.4) is 0 Å². The van der Waals surface area contributed by atoms with Crippen molar-refractivity contribution in [3.05, 3.63) is 22.4 Å². The molecule has 0 spiro atoms. The molecule has 1 aliphatic rings. The third kappa shape index (κ3) is 3.33. The molecule has 4 heteroatoms. The van der Waals surface area contributed by atoms with Gasteiger partial charge in [0.2, 0.25) is 0 Å². The van der Waals surface area contributed by atoms with Crippen LogP contribution in [0.15, 0.2) is 17.5 Å². The summed E-state index contributed by atoms with van der Waals surface area (Å²) in [5, 5.41) is 15.2. The van der Waals surface area contributed by atoms with E-state index in [0.29, 0.717) is 11.4 Å². The summed E-state index contributed by atoms with van der Waals surface area (Å²) in [5.41, 5.74) is -0.696. The van der Waals surface area contributed by atoms with Gasteiger partial charge in [-0.15, -0.1) is 11.3 Å². The summed E-state index contributed by atoms with van der Waals surface area (Å²) in [7, 11) is 0. The molecule has 1 saturated carbocycles. The van der Waals surface area contributed by atoms with E-state index in [4.69, 9.17) is 0 Å². The zero-order valence-electron chi connectivity index (χ0n) is 10.8. The summed E-state index contributed by atoms with van der Waals surface area (Å²) in [6, 6.07) is 3.67. The number of aliphatic hydroxyl groups is 1. The predicted octanol–water partition coefficient (Wildman–Crippen LogP) is 2.81. The van der Waals surface area contributed by atoms with Gasteiger partial charge in [0.1, 0.15) is 0 Å². The molecule has 1 aromatic heterocycles. The molecule has 1 aliphatic carbocycles. The van der Waals surface area contributed by atoms with Crippen molar-refractivity contribution >= 4 is 17.2 Å². The summed E-state index contributed by atoms with van der Waals surface area (Å²) in [6.45, 7) is 2.58. The van der Waals surface area contributed by atoms with E-state index in [0.717, 1.165) is 31.6 Å². The van der Waals surface area contributed by atoms with Gasteiger partial charge in [-0.2, -0.15) is 0 Å². The first-order valence-corrected chi connectivity index (χ1v) is 7.55. The number of rotatable bonds is 4. The standard InChI is InChI=1S/C14H21NO2S/c1-2-11-5-7-14(17,8-6-11)10-15-13(16)12-4-3-9-18-12/h3-4,9,11,17H,2,5-8,10H2,1H3,(H,15,16). The Kier molecular flexibility index (Phi) is 4.40. The highest BCUT2D eigenvalue weighted by Gasteiger charge is 2.32. The number of hydrogen-bond acceptors (Lipinski definition) is 3. The van der Waals surface area contributed by atoms with Gasteiger partial charge in [0.15, 0.2) is 0 Å². The SMILES string of the molecule is CCC1CCC(O)(CNC(=O)c2cccs2)CC1. The van der Waals surface area contributed by atoms with E-state index in [-0.39, 0.29) is 5.91 Å². The molecule has 1 aromatic rings. The Morgan fingerprint density at radius 1 is 1.56 bits per heavy atom. The number of nitrogens with one attached hydrogen (secondary N) is 1. The summed E-state index contributed by atoms with van der Waals surface area (Å²) in [6.07, 6.45) is 4.94. The molecule has 2 rings (SSSR count). The van der Waals surface area contributed by atoms with Crippen molar-refractivity contribution in [3.8, 4) is 0 Å². The normalized spacial score (nSPS) is 28.0. The van der Waals surface area contributed by atoms with Crippen molar-refractivity contribution in [1.29, 1.82) is 0 Å². The molecule has 1 heterocycles. The van der Waals surface area contributed by atoms with E-state index in [1.807, 2.05) is 11.4 Å². The van der Waals surface area contributed by atoms with Crippen molar-refractivity contribution in [2.75, 3.05) is 6.54 Å². The highest BCUT2D eigenvalue weighted by Crippen LogP contribution is 2.33. The van der Waals surface area contributed by atoms with Gasteiger partial charge in [0.05, 0.1) is 10.5 Å². The maximum atomic E-state index is 11.8. The zero-order chi connectivity index (χ0) is 13.0. The molecule has 0 atom stereocenters. The van der Waals surface area contributed by atoms with Gasteiger partial charge in [-0.1, -0.05) is 19.4 Å². The first-order valence-electron chi connectivity index (χ1n) is 6.67. The van der Waals surface area contributed by atoms with Crippen LogP contribution in [-0.4, -0.2) is 23.2 Å². The zero-order valence-corrected chi connectivity index (χ0v) is 11.6. The Bertz CT molecular complexity index is 381. The lowest BCUT2D eigenvalue weighted by Gasteiger charge is -2.35. The van der Waals surface area contributed by atoms with Gasteiger partial charge in [0, 0.05) is 6.54 Å². The van der Waals surface area contributed by atoms with Gasteiger partial charge in [-0.05, 0) is 43.0 Å². The van der Waals surface area contributed by atoms with Crippen molar-refractivity contribution in [1.82, 2.24) is 5.32 Å². The molecular weight excluding hydrogens is 246 g/mol. The molecule has 2 N–H and O–H groups in total. The first-order chi connectivity index (χ1) is 8.63. The van der Waals surface area contributed by atoms with E-state index in [1.165, 1.54) is 17.8 Å². The highest BCUT2D eigenvalue weighted by molar-refractivity contribution is 7.12. The van der Waals surface area contributed by atoms with Crippen molar-refractivity contribution in [2.45, 2.75) is 44.6 Å². The molecule has 0 aliphatic heterocycles. The predicted molar refractivity (Wildman–Crippen MR) is 73.9 cm³/mol.